The van der Waals surface area contributed by atoms with Crippen LogP contribution in [0.5, 0.6) is 5.75 Å². The molecule has 1 aromatic rings. The van der Waals surface area contributed by atoms with Crippen LogP contribution >= 0.6 is 0 Å². The van der Waals surface area contributed by atoms with Crippen molar-refractivity contribution >= 4 is 5.69 Å². The summed E-state index contributed by atoms with van der Waals surface area (Å²) in [6, 6.07) is 8.62. The third-order valence-electron chi connectivity index (χ3n) is 3.57. The minimum absolute atomic E-state index is 0.609. The summed E-state index contributed by atoms with van der Waals surface area (Å²) in [5, 5.41) is 9.29. The molecule has 1 saturated carbocycles. The Morgan fingerprint density at radius 1 is 1.42 bits per heavy atom. The van der Waals surface area contributed by atoms with Crippen molar-refractivity contribution in [2.75, 3.05) is 18.6 Å². The maximum atomic E-state index is 9.29. The lowest BCUT2D eigenvalue weighted by Crippen LogP contribution is -2.28. The number of ether oxygens (including phenoxy) is 1. The second-order valence-electron chi connectivity index (χ2n) is 5.60. The van der Waals surface area contributed by atoms with Gasteiger partial charge in [-0.15, -0.1) is 0 Å². The van der Waals surface area contributed by atoms with Crippen molar-refractivity contribution in [2.45, 2.75) is 39.2 Å². The largest absolute Gasteiger partial charge is 0.497 e. The molecule has 0 radical (unpaired) electrons. The van der Waals surface area contributed by atoms with Crippen molar-refractivity contribution in [3.05, 3.63) is 23.8 Å². The molecule has 0 bridgehead atoms. The average molecular weight is 258 g/mol. The molecule has 3 heteroatoms. The van der Waals surface area contributed by atoms with Gasteiger partial charge in [-0.25, -0.2) is 0 Å². The fourth-order valence-corrected chi connectivity index (χ4v) is 2.25. The first-order valence-corrected chi connectivity index (χ1v) is 7.00. The van der Waals surface area contributed by atoms with Crippen molar-refractivity contribution in [3.8, 4) is 11.8 Å². The molecule has 102 valence electrons. The molecule has 0 unspecified atom stereocenters. The molecule has 1 aliphatic carbocycles. The number of rotatable bonds is 6. The van der Waals surface area contributed by atoms with E-state index in [1.807, 2.05) is 18.2 Å². The molecule has 1 fully saturated rings. The summed E-state index contributed by atoms with van der Waals surface area (Å²) in [5.74, 6) is 1.50. The number of nitriles is 1. The van der Waals surface area contributed by atoms with E-state index in [0.717, 1.165) is 30.0 Å². The Balaban J connectivity index is 2.26. The van der Waals surface area contributed by atoms with Crippen LogP contribution in [0.2, 0.25) is 0 Å². The Hall–Kier alpha value is -1.69. The van der Waals surface area contributed by atoms with E-state index in [1.54, 1.807) is 7.11 Å². The molecule has 0 heterocycles. The van der Waals surface area contributed by atoms with Crippen LogP contribution in [0.25, 0.3) is 0 Å². The molecule has 0 atom stereocenters. The molecule has 0 aromatic heterocycles. The van der Waals surface area contributed by atoms with Crippen LogP contribution in [-0.2, 0) is 0 Å². The number of hydrogen-bond donors (Lipinski definition) is 0. The Bertz CT molecular complexity index is 472. The van der Waals surface area contributed by atoms with Crippen LogP contribution in [0.1, 0.15) is 38.7 Å². The highest BCUT2D eigenvalue weighted by atomic mass is 16.5. The molecule has 1 aliphatic rings. The minimum atomic E-state index is 0.609. The smallest absolute Gasteiger partial charge is 0.121 e. The fraction of sp³-hybridized carbons (Fsp3) is 0.562. The lowest BCUT2D eigenvalue weighted by Gasteiger charge is -2.27. The summed E-state index contributed by atoms with van der Waals surface area (Å²) in [7, 11) is 1.67. The van der Waals surface area contributed by atoms with Gasteiger partial charge in [-0.05, 0) is 37.3 Å². The van der Waals surface area contributed by atoms with Gasteiger partial charge in [0.15, 0.2) is 0 Å². The summed E-state index contributed by atoms with van der Waals surface area (Å²) >= 11 is 0. The second kappa shape index (κ2) is 5.97. The van der Waals surface area contributed by atoms with Crippen LogP contribution in [0.3, 0.4) is 0 Å². The van der Waals surface area contributed by atoms with Gasteiger partial charge in [-0.2, -0.15) is 5.26 Å². The van der Waals surface area contributed by atoms with Crippen molar-refractivity contribution in [3.63, 3.8) is 0 Å². The number of methoxy groups -OCH3 is 1. The standard InChI is InChI=1S/C16H22N2O/c1-12(2)8-9-18(14-5-6-14)16-10-15(19-3)7-4-13(16)11-17/h4,7,10,12,14H,5-6,8-9H2,1-3H3. The van der Waals surface area contributed by atoms with Gasteiger partial charge in [0.05, 0.1) is 18.4 Å². The minimum Gasteiger partial charge on any atom is -0.497 e. The molecule has 0 amide bonds. The molecule has 0 N–H and O–H groups in total. The van der Waals surface area contributed by atoms with E-state index in [-0.39, 0.29) is 0 Å². The third kappa shape index (κ3) is 3.41. The van der Waals surface area contributed by atoms with Gasteiger partial charge < -0.3 is 9.64 Å². The van der Waals surface area contributed by atoms with E-state index in [0.29, 0.717) is 12.0 Å². The first-order valence-electron chi connectivity index (χ1n) is 7.00. The summed E-state index contributed by atoms with van der Waals surface area (Å²) in [4.78, 5) is 2.39. The zero-order valence-electron chi connectivity index (χ0n) is 12.0. The van der Waals surface area contributed by atoms with E-state index in [2.05, 4.69) is 24.8 Å². The normalized spacial score (nSPS) is 14.3. The molecular formula is C16H22N2O. The second-order valence-corrected chi connectivity index (χ2v) is 5.60. The SMILES string of the molecule is COc1ccc(C#N)c(N(CCC(C)C)C2CC2)c1. The molecule has 0 spiro atoms. The van der Waals surface area contributed by atoms with Gasteiger partial charge in [0.1, 0.15) is 11.8 Å². The van der Waals surface area contributed by atoms with Gasteiger partial charge >= 0.3 is 0 Å². The molecular weight excluding hydrogens is 236 g/mol. The molecule has 2 rings (SSSR count). The van der Waals surface area contributed by atoms with E-state index in [4.69, 9.17) is 4.74 Å². The Morgan fingerprint density at radius 2 is 2.16 bits per heavy atom. The lowest BCUT2D eigenvalue weighted by atomic mass is 10.1. The summed E-state index contributed by atoms with van der Waals surface area (Å²) in [6.45, 7) is 5.49. The summed E-state index contributed by atoms with van der Waals surface area (Å²) in [6.07, 6.45) is 3.62. The Morgan fingerprint density at radius 3 is 2.68 bits per heavy atom. The van der Waals surface area contributed by atoms with E-state index >= 15 is 0 Å². The monoisotopic (exact) mass is 258 g/mol. The van der Waals surface area contributed by atoms with Gasteiger partial charge in [0.2, 0.25) is 0 Å². The number of anilines is 1. The maximum absolute atomic E-state index is 9.29. The summed E-state index contributed by atoms with van der Waals surface area (Å²) in [5.41, 5.74) is 1.78. The van der Waals surface area contributed by atoms with E-state index in [1.165, 1.54) is 12.8 Å². The first-order chi connectivity index (χ1) is 9.15. The maximum Gasteiger partial charge on any atom is 0.121 e. The van der Waals surface area contributed by atoms with Crippen molar-refractivity contribution in [2.24, 2.45) is 5.92 Å². The van der Waals surface area contributed by atoms with Crippen molar-refractivity contribution in [1.82, 2.24) is 0 Å². The van der Waals surface area contributed by atoms with E-state index < -0.39 is 0 Å². The van der Waals surface area contributed by atoms with Crippen LogP contribution < -0.4 is 9.64 Å². The van der Waals surface area contributed by atoms with Crippen LogP contribution in [0, 0.1) is 17.2 Å². The number of nitrogens with zero attached hydrogens (tertiary/aromatic N) is 2. The number of hydrogen-bond acceptors (Lipinski definition) is 3. The van der Waals surface area contributed by atoms with Gasteiger partial charge in [-0.1, -0.05) is 13.8 Å². The lowest BCUT2D eigenvalue weighted by molar-refractivity contribution is 0.414. The Kier molecular flexibility index (Phi) is 4.31. The van der Waals surface area contributed by atoms with Gasteiger partial charge in [0.25, 0.3) is 0 Å². The molecule has 0 aliphatic heterocycles. The molecule has 3 nitrogen and oxygen atoms in total. The average Bonchev–Trinajstić information content (AvgIpc) is 3.23. The quantitative estimate of drug-likeness (QED) is 0.782. The summed E-state index contributed by atoms with van der Waals surface area (Å²) < 4.78 is 5.29. The molecule has 1 aromatic carbocycles. The van der Waals surface area contributed by atoms with Crippen LogP contribution in [-0.4, -0.2) is 19.7 Å². The van der Waals surface area contributed by atoms with Crippen molar-refractivity contribution < 1.29 is 4.74 Å². The molecule has 19 heavy (non-hydrogen) atoms. The zero-order valence-corrected chi connectivity index (χ0v) is 12.0. The highest BCUT2D eigenvalue weighted by Gasteiger charge is 2.30. The highest BCUT2D eigenvalue weighted by molar-refractivity contribution is 5.63. The molecule has 0 saturated heterocycles. The van der Waals surface area contributed by atoms with Gasteiger partial charge in [-0.3, -0.25) is 0 Å². The van der Waals surface area contributed by atoms with Crippen LogP contribution in [0.4, 0.5) is 5.69 Å². The van der Waals surface area contributed by atoms with Crippen molar-refractivity contribution in [1.29, 1.82) is 5.26 Å². The van der Waals surface area contributed by atoms with Crippen LogP contribution in [0.15, 0.2) is 18.2 Å². The van der Waals surface area contributed by atoms with Gasteiger partial charge in [0, 0.05) is 18.7 Å². The number of benzene rings is 1. The Labute approximate surface area is 115 Å². The zero-order chi connectivity index (χ0) is 13.8. The predicted molar refractivity (Wildman–Crippen MR) is 77.5 cm³/mol. The third-order valence-corrected chi connectivity index (χ3v) is 3.57. The highest BCUT2D eigenvalue weighted by Crippen LogP contribution is 2.35. The predicted octanol–water partition coefficient (Wildman–Crippen LogP) is 3.58. The van der Waals surface area contributed by atoms with E-state index in [9.17, 15) is 5.26 Å². The topological polar surface area (TPSA) is 36.3 Å². The fourth-order valence-electron chi connectivity index (χ4n) is 2.25. The first kappa shape index (κ1) is 13.7.